The summed E-state index contributed by atoms with van der Waals surface area (Å²) in [5, 5.41) is 3.30. The van der Waals surface area contributed by atoms with Crippen molar-refractivity contribution in [2.75, 3.05) is 13.2 Å². The van der Waals surface area contributed by atoms with Crippen LogP contribution in [-0.2, 0) is 4.74 Å². The molecule has 1 unspecified atom stereocenters. The molecule has 1 rings (SSSR count). The molecule has 17 heavy (non-hydrogen) atoms. The molecular formula is C13H19BrFNO. The molecule has 0 aliphatic carbocycles. The molecule has 0 saturated heterocycles. The monoisotopic (exact) mass is 303 g/mol. The second-order valence-corrected chi connectivity index (χ2v) is 5.11. The van der Waals surface area contributed by atoms with Crippen molar-refractivity contribution in [3.63, 3.8) is 0 Å². The van der Waals surface area contributed by atoms with E-state index in [0.29, 0.717) is 6.61 Å². The lowest BCUT2D eigenvalue weighted by Crippen LogP contribution is -2.26. The van der Waals surface area contributed by atoms with Crippen LogP contribution in [-0.4, -0.2) is 19.3 Å². The van der Waals surface area contributed by atoms with Crippen molar-refractivity contribution in [2.45, 2.75) is 32.9 Å². The zero-order chi connectivity index (χ0) is 12.8. The molecular weight excluding hydrogens is 285 g/mol. The Labute approximate surface area is 111 Å². The van der Waals surface area contributed by atoms with E-state index in [2.05, 4.69) is 21.2 Å². The lowest BCUT2D eigenvalue weighted by molar-refractivity contribution is 0.0614. The SMILES string of the molecule is CCNC(COC(C)C)c1cc(F)cc(Br)c1. The lowest BCUT2D eigenvalue weighted by Gasteiger charge is -2.20. The second-order valence-electron chi connectivity index (χ2n) is 4.20. The van der Waals surface area contributed by atoms with Crippen LogP contribution in [0.2, 0.25) is 0 Å². The Morgan fingerprint density at radius 3 is 2.59 bits per heavy atom. The summed E-state index contributed by atoms with van der Waals surface area (Å²) >= 11 is 3.30. The van der Waals surface area contributed by atoms with Gasteiger partial charge < -0.3 is 10.1 Å². The maximum atomic E-state index is 13.3. The molecule has 0 amide bonds. The molecule has 0 aliphatic rings. The maximum absolute atomic E-state index is 13.3. The summed E-state index contributed by atoms with van der Waals surface area (Å²) in [7, 11) is 0. The van der Waals surface area contributed by atoms with Gasteiger partial charge in [-0.15, -0.1) is 0 Å². The number of ether oxygens (including phenoxy) is 1. The van der Waals surface area contributed by atoms with Crippen LogP contribution in [0, 0.1) is 5.82 Å². The Morgan fingerprint density at radius 1 is 1.35 bits per heavy atom. The van der Waals surface area contributed by atoms with Crippen LogP contribution in [0.3, 0.4) is 0 Å². The zero-order valence-corrected chi connectivity index (χ0v) is 12.1. The third kappa shape index (κ3) is 5.15. The van der Waals surface area contributed by atoms with Crippen molar-refractivity contribution in [2.24, 2.45) is 0 Å². The van der Waals surface area contributed by atoms with E-state index in [-0.39, 0.29) is 18.0 Å². The van der Waals surface area contributed by atoms with Crippen LogP contribution in [0.4, 0.5) is 4.39 Å². The molecule has 0 spiro atoms. The van der Waals surface area contributed by atoms with Gasteiger partial charge in [0.1, 0.15) is 5.82 Å². The van der Waals surface area contributed by atoms with Crippen LogP contribution in [0.1, 0.15) is 32.4 Å². The van der Waals surface area contributed by atoms with Gasteiger partial charge in [0.2, 0.25) is 0 Å². The summed E-state index contributed by atoms with van der Waals surface area (Å²) < 4.78 is 19.7. The highest BCUT2D eigenvalue weighted by molar-refractivity contribution is 9.10. The molecule has 1 N–H and O–H groups in total. The van der Waals surface area contributed by atoms with Crippen molar-refractivity contribution in [3.8, 4) is 0 Å². The molecule has 2 nitrogen and oxygen atoms in total. The maximum Gasteiger partial charge on any atom is 0.124 e. The molecule has 96 valence electrons. The fourth-order valence-corrected chi connectivity index (χ4v) is 2.07. The van der Waals surface area contributed by atoms with E-state index in [1.165, 1.54) is 6.07 Å². The van der Waals surface area contributed by atoms with Gasteiger partial charge in [-0.05, 0) is 44.2 Å². The number of halogens is 2. The molecule has 4 heteroatoms. The van der Waals surface area contributed by atoms with Crippen LogP contribution < -0.4 is 5.32 Å². The third-order valence-corrected chi connectivity index (χ3v) is 2.79. The van der Waals surface area contributed by atoms with Crippen LogP contribution in [0.5, 0.6) is 0 Å². The topological polar surface area (TPSA) is 21.3 Å². The first-order valence-corrected chi connectivity index (χ1v) is 6.63. The van der Waals surface area contributed by atoms with Crippen molar-refractivity contribution >= 4 is 15.9 Å². The van der Waals surface area contributed by atoms with Gasteiger partial charge in [0.05, 0.1) is 18.8 Å². The zero-order valence-electron chi connectivity index (χ0n) is 10.5. The predicted molar refractivity (Wildman–Crippen MR) is 71.6 cm³/mol. The Balaban J connectivity index is 2.80. The van der Waals surface area contributed by atoms with Crippen molar-refractivity contribution in [3.05, 3.63) is 34.1 Å². The number of benzene rings is 1. The summed E-state index contributed by atoms with van der Waals surface area (Å²) in [6.45, 7) is 7.37. The molecule has 0 bridgehead atoms. The average Bonchev–Trinajstić information content (AvgIpc) is 2.22. The van der Waals surface area contributed by atoms with Gasteiger partial charge in [-0.1, -0.05) is 22.9 Å². The van der Waals surface area contributed by atoms with Gasteiger partial charge in [0, 0.05) is 4.47 Å². The molecule has 1 atom stereocenters. The molecule has 0 radical (unpaired) electrons. The molecule has 0 aliphatic heterocycles. The first-order chi connectivity index (χ1) is 8.02. The molecule has 1 aromatic carbocycles. The van der Waals surface area contributed by atoms with Crippen molar-refractivity contribution in [1.82, 2.24) is 5.32 Å². The third-order valence-electron chi connectivity index (χ3n) is 2.33. The number of nitrogens with one attached hydrogen (secondary N) is 1. The fourth-order valence-electron chi connectivity index (χ4n) is 1.58. The predicted octanol–water partition coefficient (Wildman–Crippen LogP) is 3.66. The van der Waals surface area contributed by atoms with Crippen LogP contribution in [0.15, 0.2) is 22.7 Å². The quantitative estimate of drug-likeness (QED) is 0.866. The second kappa shape index (κ2) is 7.09. The Kier molecular flexibility index (Phi) is 6.09. The van der Waals surface area contributed by atoms with Crippen molar-refractivity contribution < 1.29 is 9.13 Å². The highest BCUT2D eigenvalue weighted by Crippen LogP contribution is 2.21. The van der Waals surface area contributed by atoms with E-state index >= 15 is 0 Å². The normalized spacial score (nSPS) is 13.1. The van der Waals surface area contributed by atoms with Crippen LogP contribution in [0.25, 0.3) is 0 Å². The summed E-state index contributed by atoms with van der Waals surface area (Å²) in [6, 6.07) is 4.94. The minimum Gasteiger partial charge on any atom is -0.377 e. The molecule has 0 heterocycles. The minimum atomic E-state index is -0.234. The first kappa shape index (κ1) is 14.6. The van der Waals surface area contributed by atoms with E-state index < -0.39 is 0 Å². The Morgan fingerprint density at radius 2 is 2.06 bits per heavy atom. The van der Waals surface area contributed by atoms with E-state index in [1.54, 1.807) is 6.07 Å². The number of likely N-dealkylation sites (N-methyl/N-ethyl adjacent to an activating group) is 1. The van der Waals surface area contributed by atoms with Crippen LogP contribution >= 0.6 is 15.9 Å². The standard InChI is InChI=1S/C13H19BrFNO/c1-4-16-13(8-17-9(2)3)10-5-11(14)7-12(15)6-10/h5-7,9,13,16H,4,8H2,1-3H3. The summed E-state index contributed by atoms with van der Waals surface area (Å²) in [5.41, 5.74) is 0.902. The van der Waals surface area contributed by atoms with E-state index in [0.717, 1.165) is 16.6 Å². The summed E-state index contributed by atoms with van der Waals surface area (Å²) in [5.74, 6) is -0.234. The smallest absolute Gasteiger partial charge is 0.124 e. The van der Waals surface area contributed by atoms with Gasteiger partial charge in [0.15, 0.2) is 0 Å². The highest BCUT2D eigenvalue weighted by Gasteiger charge is 2.13. The first-order valence-electron chi connectivity index (χ1n) is 5.84. The fraction of sp³-hybridized carbons (Fsp3) is 0.538. The van der Waals surface area contributed by atoms with E-state index in [4.69, 9.17) is 4.74 Å². The van der Waals surface area contributed by atoms with Gasteiger partial charge in [0.25, 0.3) is 0 Å². The molecule has 0 saturated carbocycles. The number of hydrogen-bond acceptors (Lipinski definition) is 2. The Hall–Kier alpha value is -0.450. The lowest BCUT2D eigenvalue weighted by atomic mass is 10.1. The average molecular weight is 304 g/mol. The highest BCUT2D eigenvalue weighted by atomic mass is 79.9. The molecule has 0 aromatic heterocycles. The van der Waals surface area contributed by atoms with Crippen molar-refractivity contribution in [1.29, 1.82) is 0 Å². The number of hydrogen-bond donors (Lipinski definition) is 1. The summed E-state index contributed by atoms with van der Waals surface area (Å²) in [4.78, 5) is 0. The number of rotatable bonds is 6. The molecule has 0 fully saturated rings. The Bertz CT molecular complexity index is 337. The van der Waals surface area contributed by atoms with Gasteiger partial charge >= 0.3 is 0 Å². The molecule has 1 aromatic rings. The van der Waals surface area contributed by atoms with Gasteiger partial charge in [-0.25, -0.2) is 4.39 Å². The minimum absolute atomic E-state index is 0.0226. The van der Waals surface area contributed by atoms with Gasteiger partial charge in [-0.3, -0.25) is 0 Å². The van der Waals surface area contributed by atoms with Gasteiger partial charge in [-0.2, -0.15) is 0 Å². The summed E-state index contributed by atoms with van der Waals surface area (Å²) in [6.07, 6.45) is 0.174. The van der Waals surface area contributed by atoms with E-state index in [1.807, 2.05) is 26.8 Å². The largest absolute Gasteiger partial charge is 0.377 e. The van der Waals surface area contributed by atoms with E-state index in [9.17, 15) is 4.39 Å².